The topological polar surface area (TPSA) is 50.8 Å². The highest BCUT2D eigenvalue weighted by atomic mass is 16.6. The third-order valence-electron chi connectivity index (χ3n) is 6.50. The number of carbonyl (C=O) groups excluding carboxylic acids is 1. The molecule has 0 aromatic heterocycles. The Hall–Kier alpha value is -2.37. The number of rotatable bonds is 2. The molecule has 3 heterocycles. The van der Waals surface area contributed by atoms with Gasteiger partial charge in [-0.05, 0) is 47.6 Å². The molecule has 1 N–H and O–H groups in total. The second kappa shape index (κ2) is 7.81. The fourth-order valence-corrected chi connectivity index (χ4v) is 4.82. The number of nitrogens with zero attached hydrogens (tertiary/aromatic N) is 1. The van der Waals surface area contributed by atoms with Crippen molar-refractivity contribution in [3.8, 4) is 11.1 Å². The number of hydrogen-bond donors (Lipinski definition) is 1. The molecule has 2 saturated heterocycles. The van der Waals surface area contributed by atoms with Gasteiger partial charge in [0.1, 0.15) is 0 Å². The summed E-state index contributed by atoms with van der Waals surface area (Å²) in [5.74, 6) is 0. The Balaban J connectivity index is 1.26. The van der Waals surface area contributed by atoms with Gasteiger partial charge in [0.25, 0.3) is 0 Å². The van der Waals surface area contributed by atoms with E-state index in [1.165, 1.54) is 22.3 Å². The van der Waals surface area contributed by atoms with E-state index in [0.717, 1.165) is 38.8 Å². The number of urea groups is 1. The highest BCUT2D eigenvalue weighted by molar-refractivity contribution is 5.75. The lowest BCUT2D eigenvalue weighted by atomic mass is 9.90. The molecule has 0 saturated carbocycles. The lowest BCUT2D eigenvalue weighted by molar-refractivity contribution is -0.0881. The quantitative estimate of drug-likeness (QED) is 0.847. The lowest BCUT2D eigenvalue weighted by Gasteiger charge is -2.38. The van der Waals surface area contributed by atoms with E-state index in [9.17, 15) is 4.79 Å². The average molecular weight is 392 g/mol. The third kappa shape index (κ3) is 3.89. The number of benzene rings is 2. The summed E-state index contributed by atoms with van der Waals surface area (Å²) in [6.45, 7) is 3.53. The highest BCUT2D eigenvalue weighted by Crippen LogP contribution is 2.33. The molecular weight excluding hydrogens is 364 g/mol. The van der Waals surface area contributed by atoms with Crippen molar-refractivity contribution in [2.24, 2.45) is 0 Å². The Kier molecular flexibility index (Phi) is 5.02. The van der Waals surface area contributed by atoms with Gasteiger partial charge < -0.3 is 19.7 Å². The van der Waals surface area contributed by atoms with Gasteiger partial charge in [0, 0.05) is 38.8 Å². The van der Waals surface area contributed by atoms with Crippen LogP contribution in [0, 0.1) is 0 Å². The van der Waals surface area contributed by atoms with Gasteiger partial charge in [-0.2, -0.15) is 0 Å². The van der Waals surface area contributed by atoms with Crippen LogP contribution < -0.4 is 5.32 Å². The molecule has 29 heavy (non-hydrogen) atoms. The van der Waals surface area contributed by atoms with Crippen molar-refractivity contribution in [3.63, 3.8) is 0 Å². The molecule has 2 fully saturated rings. The van der Waals surface area contributed by atoms with E-state index in [2.05, 4.69) is 47.8 Å². The second-order valence-electron chi connectivity index (χ2n) is 8.49. The van der Waals surface area contributed by atoms with Crippen molar-refractivity contribution < 1.29 is 14.3 Å². The van der Waals surface area contributed by atoms with Crippen LogP contribution in [0.25, 0.3) is 11.1 Å². The first-order valence-electron chi connectivity index (χ1n) is 10.7. The van der Waals surface area contributed by atoms with Crippen LogP contribution >= 0.6 is 0 Å². The van der Waals surface area contributed by atoms with E-state index >= 15 is 0 Å². The normalized spacial score (nSPS) is 26.3. The van der Waals surface area contributed by atoms with E-state index in [1.54, 1.807) is 0 Å². The minimum atomic E-state index is -0.185. The van der Waals surface area contributed by atoms with Crippen molar-refractivity contribution in [2.75, 3.05) is 26.4 Å². The van der Waals surface area contributed by atoms with Crippen molar-refractivity contribution >= 4 is 6.03 Å². The van der Waals surface area contributed by atoms with Gasteiger partial charge in [-0.15, -0.1) is 0 Å². The molecule has 2 atom stereocenters. The summed E-state index contributed by atoms with van der Waals surface area (Å²) in [6.07, 6.45) is 3.56. The molecule has 0 bridgehead atoms. The zero-order chi connectivity index (χ0) is 19.7. The maximum Gasteiger partial charge on any atom is 0.317 e. The minimum absolute atomic E-state index is 0.0433. The van der Waals surface area contributed by atoms with E-state index in [0.29, 0.717) is 19.8 Å². The molecular formula is C24H28N2O3. The molecule has 2 aromatic rings. The van der Waals surface area contributed by atoms with Gasteiger partial charge in [0.2, 0.25) is 0 Å². The predicted molar refractivity (Wildman–Crippen MR) is 112 cm³/mol. The van der Waals surface area contributed by atoms with Crippen LogP contribution in [-0.2, 0) is 22.4 Å². The predicted octanol–water partition coefficient (Wildman–Crippen LogP) is 3.76. The van der Waals surface area contributed by atoms with Crippen LogP contribution in [0.5, 0.6) is 0 Å². The minimum Gasteiger partial charge on any atom is -0.378 e. The van der Waals surface area contributed by atoms with Gasteiger partial charge in [-0.25, -0.2) is 4.79 Å². The monoisotopic (exact) mass is 392 g/mol. The van der Waals surface area contributed by atoms with Crippen LogP contribution in [0.1, 0.15) is 30.4 Å². The summed E-state index contributed by atoms with van der Waals surface area (Å²) in [6, 6.07) is 17.3. The van der Waals surface area contributed by atoms with Gasteiger partial charge >= 0.3 is 6.03 Å². The lowest BCUT2D eigenvalue weighted by Crippen LogP contribution is -2.52. The zero-order valence-corrected chi connectivity index (χ0v) is 16.7. The van der Waals surface area contributed by atoms with Crippen LogP contribution in [0.3, 0.4) is 0 Å². The maximum atomic E-state index is 13.0. The van der Waals surface area contributed by atoms with Gasteiger partial charge in [0.15, 0.2) is 0 Å². The molecule has 3 aliphatic heterocycles. The maximum absolute atomic E-state index is 13.0. The molecule has 152 valence electrons. The molecule has 2 amide bonds. The first-order valence-corrected chi connectivity index (χ1v) is 10.7. The molecule has 0 radical (unpaired) electrons. The van der Waals surface area contributed by atoms with E-state index < -0.39 is 0 Å². The third-order valence-corrected chi connectivity index (χ3v) is 6.50. The van der Waals surface area contributed by atoms with Crippen molar-refractivity contribution in [2.45, 2.75) is 43.9 Å². The fourth-order valence-electron chi connectivity index (χ4n) is 4.82. The molecule has 0 unspecified atom stereocenters. The average Bonchev–Trinajstić information content (AvgIpc) is 3.21. The summed E-state index contributed by atoms with van der Waals surface area (Å²) < 4.78 is 11.5. The first kappa shape index (κ1) is 18.6. The Labute approximate surface area is 172 Å². The molecule has 1 spiro atoms. The van der Waals surface area contributed by atoms with Gasteiger partial charge in [-0.3, -0.25) is 0 Å². The van der Waals surface area contributed by atoms with Crippen molar-refractivity contribution in [3.05, 3.63) is 59.7 Å². The van der Waals surface area contributed by atoms with Crippen LogP contribution in [0.2, 0.25) is 0 Å². The molecule has 0 aliphatic carbocycles. The molecule has 5 nitrogen and oxygen atoms in total. The summed E-state index contributed by atoms with van der Waals surface area (Å²) >= 11 is 0. The fraction of sp³-hybridized carbons (Fsp3) is 0.458. The van der Waals surface area contributed by atoms with Crippen LogP contribution in [0.4, 0.5) is 4.79 Å². The number of ether oxygens (including phenoxy) is 2. The second-order valence-corrected chi connectivity index (χ2v) is 8.49. The molecule has 3 aliphatic rings. The van der Waals surface area contributed by atoms with E-state index in [1.807, 2.05) is 11.0 Å². The molecule has 5 heteroatoms. The zero-order valence-electron chi connectivity index (χ0n) is 16.7. The van der Waals surface area contributed by atoms with E-state index in [4.69, 9.17) is 9.47 Å². The number of fused-ring (bicyclic) bond motifs is 1. The summed E-state index contributed by atoms with van der Waals surface area (Å²) in [5.41, 5.74) is 4.83. The SMILES string of the molecule is O=C(N[C@H]1CCO[C@]2(CCOC2)C1)N1CCc2ccc(-c3ccccc3)cc2C1. The smallest absolute Gasteiger partial charge is 0.317 e. The molecule has 2 aromatic carbocycles. The Morgan fingerprint density at radius 1 is 1.07 bits per heavy atom. The standard InChI is InChI=1S/C24H28N2O3/c27-23(25-22-9-12-29-24(15-22)10-13-28-17-24)26-11-8-19-6-7-20(14-21(19)16-26)18-4-2-1-3-5-18/h1-7,14,22H,8-13,15-17H2,(H,25,27)/t22-,24+/m0/s1. The Bertz CT molecular complexity index is 877. The van der Waals surface area contributed by atoms with Crippen molar-refractivity contribution in [1.29, 1.82) is 0 Å². The van der Waals surface area contributed by atoms with Crippen molar-refractivity contribution in [1.82, 2.24) is 10.2 Å². The first-order chi connectivity index (χ1) is 14.2. The van der Waals surface area contributed by atoms with E-state index in [-0.39, 0.29) is 17.7 Å². The van der Waals surface area contributed by atoms with Gasteiger partial charge in [-0.1, -0.05) is 42.5 Å². The van der Waals surface area contributed by atoms with Crippen LogP contribution in [0.15, 0.2) is 48.5 Å². The number of carbonyl (C=O) groups is 1. The summed E-state index contributed by atoms with van der Waals surface area (Å²) in [7, 11) is 0. The highest BCUT2D eigenvalue weighted by Gasteiger charge is 2.41. The Morgan fingerprint density at radius 3 is 2.79 bits per heavy atom. The number of hydrogen-bond acceptors (Lipinski definition) is 3. The number of amides is 2. The van der Waals surface area contributed by atoms with Crippen LogP contribution in [-0.4, -0.2) is 48.9 Å². The summed E-state index contributed by atoms with van der Waals surface area (Å²) in [4.78, 5) is 14.9. The van der Waals surface area contributed by atoms with Gasteiger partial charge in [0.05, 0.1) is 12.2 Å². The summed E-state index contributed by atoms with van der Waals surface area (Å²) in [5, 5.41) is 3.27. The Morgan fingerprint density at radius 2 is 1.97 bits per heavy atom. The molecule has 5 rings (SSSR count). The largest absolute Gasteiger partial charge is 0.378 e. The number of nitrogens with one attached hydrogen (secondary N) is 1.